The number of nitrogens with zero attached hydrogens (tertiary/aromatic N) is 1. The van der Waals surface area contributed by atoms with Crippen LogP contribution in [0.3, 0.4) is 0 Å². The molecule has 33 heavy (non-hydrogen) atoms. The second kappa shape index (κ2) is 10.7. The van der Waals surface area contributed by atoms with Crippen molar-refractivity contribution in [3.8, 4) is 5.75 Å². The average Bonchev–Trinajstić information content (AvgIpc) is 2.83. The van der Waals surface area contributed by atoms with Crippen molar-refractivity contribution in [1.82, 2.24) is 0 Å². The van der Waals surface area contributed by atoms with Crippen LogP contribution in [-0.4, -0.2) is 18.7 Å². The molecule has 5 nitrogen and oxygen atoms in total. The molecule has 0 spiro atoms. The van der Waals surface area contributed by atoms with Crippen LogP contribution in [0.5, 0.6) is 5.75 Å². The van der Waals surface area contributed by atoms with Gasteiger partial charge in [0.1, 0.15) is 12.4 Å². The lowest BCUT2D eigenvalue weighted by atomic mass is 10.1. The fourth-order valence-corrected chi connectivity index (χ4v) is 3.56. The summed E-state index contributed by atoms with van der Waals surface area (Å²) in [5, 5.41) is 9.39. The number of aryl methyl sites for hydroxylation is 1. The first-order valence-electron chi connectivity index (χ1n) is 10.5. The molecule has 0 aliphatic heterocycles. The Kier molecular flexibility index (Phi) is 7.22. The van der Waals surface area contributed by atoms with Gasteiger partial charge in [-0.25, -0.2) is 0 Å². The highest BCUT2D eigenvalue weighted by Gasteiger charge is 2.06. The number of hydrogen-bond donors (Lipinski definition) is 1. The zero-order valence-electron chi connectivity index (χ0n) is 18.1. The molecule has 0 atom stereocenters. The number of amides is 1. The Labute approximate surface area is 197 Å². The number of anilines is 1. The Morgan fingerprint density at radius 3 is 2.61 bits per heavy atom. The fourth-order valence-electron chi connectivity index (χ4n) is 3.32. The molecular weight excluding hydrogens is 436 g/mol. The van der Waals surface area contributed by atoms with Crippen LogP contribution in [-0.2, 0) is 16.2 Å². The molecule has 0 radical (unpaired) electrons. The topological polar surface area (TPSA) is 59.9 Å². The summed E-state index contributed by atoms with van der Waals surface area (Å²) in [4.78, 5) is 17.0. The van der Waals surface area contributed by atoms with Crippen molar-refractivity contribution in [2.24, 2.45) is 5.16 Å². The van der Waals surface area contributed by atoms with Crippen LogP contribution in [0.15, 0.2) is 90.1 Å². The lowest BCUT2D eigenvalue weighted by Crippen LogP contribution is -2.16. The van der Waals surface area contributed by atoms with Gasteiger partial charge < -0.3 is 14.9 Å². The van der Waals surface area contributed by atoms with Crippen LogP contribution in [0, 0.1) is 6.92 Å². The fraction of sp³-hybridized carbons (Fsp3) is 0.111. The number of halogens is 1. The van der Waals surface area contributed by atoms with E-state index in [0.717, 1.165) is 22.1 Å². The molecule has 4 rings (SSSR count). The lowest BCUT2D eigenvalue weighted by molar-refractivity contribution is -0.120. The van der Waals surface area contributed by atoms with Gasteiger partial charge in [-0.05, 0) is 59.2 Å². The summed E-state index contributed by atoms with van der Waals surface area (Å²) in [5.41, 5.74) is 3.66. The Bertz CT molecular complexity index is 1280. The minimum atomic E-state index is -0.286. The van der Waals surface area contributed by atoms with Crippen LogP contribution in [0.2, 0.25) is 5.02 Å². The standard InChI is InChI=1S/C27H23ClN2O3/c1-19-9-12-23(13-10-19)30-27(31)18-33-29-16-20-11-14-26(25(28)15-20)32-17-22-7-4-6-21-5-2-3-8-24(21)22/h2-16H,17-18H2,1H3,(H,30,31)/b29-16+. The third-order valence-electron chi connectivity index (χ3n) is 5.03. The molecular formula is C27H23ClN2O3. The molecule has 6 heteroatoms. The number of carbonyl (C=O) groups is 1. The number of hydrogen-bond acceptors (Lipinski definition) is 4. The van der Waals surface area contributed by atoms with Crippen molar-refractivity contribution in [2.45, 2.75) is 13.5 Å². The summed E-state index contributed by atoms with van der Waals surface area (Å²) in [6, 6.07) is 27.2. The van der Waals surface area contributed by atoms with Crippen LogP contribution in [0.1, 0.15) is 16.7 Å². The van der Waals surface area contributed by atoms with Crippen molar-refractivity contribution >= 4 is 40.2 Å². The van der Waals surface area contributed by atoms with Gasteiger partial charge in [0.2, 0.25) is 0 Å². The van der Waals surface area contributed by atoms with E-state index in [4.69, 9.17) is 21.2 Å². The molecule has 0 saturated heterocycles. The molecule has 4 aromatic rings. The summed E-state index contributed by atoms with van der Waals surface area (Å²) in [6.07, 6.45) is 1.50. The molecule has 0 heterocycles. The van der Waals surface area contributed by atoms with E-state index in [1.165, 1.54) is 11.6 Å². The van der Waals surface area contributed by atoms with Crippen LogP contribution in [0.4, 0.5) is 5.69 Å². The highest BCUT2D eigenvalue weighted by molar-refractivity contribution is 6.32. The van der Waals surface area contributed by atoms with Crippen molar-refractivity contribution in [3.63, 3.8) is 0 Å². The average molecular weight is 459 g/mol. The summed E-state index contributed by atoms with van der Waals surface area (Å²) in [7, 11) is 0. The van der Waals surface area contributed by atoms with E-state index in [1.54, 1.807) is 12.1 Å². The van der Waals surface area contributed by atoms with Gasteiger partial charge in [0.15, 0.2) is 6.61 Å². The molecule has 0 aliphatic carbocycles. The minimum absolute atomic E-state index is 0.190. The molecule has 1 N–H and O–H groups in total. The predicted octanol–water partition coefficient (Wildman–Crippen LogP) is 6.37. The highest BCUT2D eigenvalue weighted by atomic mass is 35.5. The zero-order chi connectivity index (χ0) is 23.0. The number of oxime groups is 1. The van der Waals surface area contributed by atoms with E-state index >= 15 is 0 Å². The molecule has 4 aromatic carbocycles. The van der Waals surface area contributed by atoms with E-state index in [-0.39, 0.29) is 12.5 Å². The molecule has 0 bridgehead atoms. The summed E-state index contributed by atoms with van der Waals surface area (Å²) in [6.45, 7) is 2.21. The first-order chi connectivity index (χ1) is 16.1. The summed E-state index contributed by atoms with van der Waals surface area (Å²) in [5.74, 6) is 0.298. The zero-order valence-corrected chi connectivity index (χ0v) is 18.9. The van der Waals surface area contributed by atoms with Gasteiger partial charge in [-0.2, -0.15) is 0 Å². The number of fused-ring (bicyclic) bond motifs is 1. The van der Waals surface area contributed by atoms with Crippen molar-refractivity contribution in [2.75, 3.05) is 11.9 Å². The van der Waals surface area contributed by atoms with Gasteiger partial charge in [-0.3, -0.25) is 4.79 Å². The number of ether oxygens (including phenoxy) is 1. The Morgan fingerprint density at radius 2 is 1.79 bits per heavy atom. The SMILES string of the molecule is Cc1ccc(NC(=O)CO/N=C/c2ccc(OCc3cccc4ccccc34)c(Cl)c2)cc1. The normalized spacial score (nSPS) is 11.0. The quantitative estimate of drug-likeness (QED) is 0.246. The number of nitrogens with one attached hydrogen (secondary N) is 1. The minimum Gasteiger partial charge on any atom is -0.487 e. The maximum Gasteiger partial charge on any atom is 0.265 e. The van der Waals surface area contributed by atoms with E-state index < -0.39 is 0 Å². The number of benzene rings is 4. The van der Waals surface area contributed by atoms with E-state index in [9.17, 15) is 4.79 Å². The van der Waals surface area contributed by atoms with Gasteiger partial charge in [-0.1, -0.05) is 76.9 Å². The third kappa shape index (κ3) is 6.11. The number of rotatable bonds is 8. The molecule has 0 aliphatic rings. The maximum absolute atomic E-state index is 11.9. The first-order valence-corrected chi connectivity index (χ1v) is 10.9. The van der Waals surface area contributed by atoms with Gasteiger partial charge in [0.05, 0.1) is 11.2 Å². The van der Waals surface area contributed by atoms with Crippen molar-refractivity contribution < 1.29 is 14.4 Å². The Morgan fingerprint density at radius 1 is 1.00 bits per heavy atom. The van der Waals surface area contributed by atoms with Crippen LogP contribution < -0.4 is 10.1 Å². The lowest BCUT2D eigenvalue weighted by Gasteiger charge is -2.11. The smallest absolute Gasteiger partial charge is 0.265 e. The molecule has 1 amide bonds. The molecule has 0 aromatic heterocycles. The molecule has 0 unspecified atom stereocenters. The molecule has 0 saturated carbocycles. The highest BCUT2D eigenvalue weighted by Crippen LogP contribution is 2.27. The predicted molar refractivity (Wildman–Crippen MR) is 133 cm³/mol. The van der Waals surface area contributed by atoms with E-state index in [1.807, 2.05) is 61.5 Å². The third-order valence-corrected chi connectivity index (χ3v) is 5.32. The second-order valence-electron chi connectivity index (χ2n) is 7.54. The maximum atomic E-state index is 11.9. The monoisotopic (exact) mass is 458 g/mol. The summed E-state index contributed by atoms with van der Waals surface area (Å²) < 4.78 is 5.95. The first kappa shape index (κ1) is 22.4. The van der Waals surface area contributed by atoms with Gasteiger partial charge in [-0.15, -0.1) is 0 Å². The van der Waals surface area contributed by atoms with Gasteiger partial charge in [0, 0.05) is 5.69 Å². The number of carbonyl (C=O) groups excluding carboxylic acids is 1. The molecule has 0 fully saturated rings. The molecule has 166 valence electrons. The van der Waals surface area contributed by atoms with Gasteiger partial charge >= 0.3 is 0 Å². The van der Waals surface area contributed by atoms with E-state index in [2.05, 4.69) is 28.7 Å². The van der Waals surface area contributed by atoms with Crippen molar-refractivity contribution in [1.29, 1.82) is 0 Å². The Hall–Kier alpha value is -3.83. The van der Waals surface area contributed by atoms with E-state index in [0.29, 0.717) is 23.1 Å². The Balaban J connectivity index is 1.29. The van der Waals surface area contributed by atoms with Crippen LogP contribution >= 0.6 is 11.6 Å². The van der Waals surface area contributed by atoms with Crippen LogP contribution in [0.25, 0.3) is 10.8 Å². The van der Waals surface area contributed by atoms with Gasteiger partial charge in [0.25, 0.3) is 5.91 Å². The summed E-state index contributed by atoms with van der Waals surface area (Å²) >= 11 is 6.39. The van der Waals surface area contributed by atoms with Crippen molar-refractivity contribution in [3.05, 3.63) is 107 Å². The largest absolute Gasteiger partial charge is 0.487 e. The second-order valence-corrected chi connectivity index (χ2v) is 7.95.